The number of hydrogen-bond donors (Lipinski definition) is 2. The molecule has 3 aromatic carbocycles. The number of likely N-dealkylation sites (tertiary alicyclic amines) is 1. The van der Waals surface area contributed by atoms with Crippen molar-refractivity contribution in [2.24, 2.45) is 5.73 Å². The second-order valence-electron chi connectivity index (χ2n) is 9.15. The smallest absolute Gasteiger partial charge is 0.471 e. The van der Waals surface area contributed by atoms with Crippen LogP contribution in [0, 0.1) is 0 Å². The summed E-state index contributed by atoms with van der Waals surface area (Å²) in [5.74, 6) is -3.31. The number of nitrogens with zero attached hydrogens (tertiary/aromatic N) is 1. The number of ether oxygens (including phenoxy) is 1. The number of hydrogen-bond acceptors (Lipinski definition) is 4. The van der Waals surface area contributed by atoms with Gasteiger partial charge in [-0.2, -0.15) is 13.2 Å². The minimum Gasteiger partial charge on any atom is -0.488 e. The van der Waals surface area contributed by atoms with E-state index in [1.165, 1.54) is 0 Å². The molecule has 6 nitrogen and oxygen atoms in total. The first-order chi connectivity index (χ1) is 18.1. The number of carbonyl (C=O) groups is 2. The van der Waals surface area contributed by atoms with Gasteiger partial charge in [0.1, 0.15) is 12.4 Å². The Balaban J connectivity index is 1.70. The SMILES string of the molecule is NC(=O)c1cc(Cl)c(NC(=O)C(F)(F)F)c(C2CCN(Cc3ccccc3)CC2)c1OCc1ccccc1. The molecule has 3 aromatic rings. The monoisotopic (exact) mass is 545 g/mol. The van der Waals surface area contributed by atoms with Crippen molar-refractivity contribution in [2.75, 3.05) is 18.4 Å². The first-order valence-corrected chi connectivity index (χ1v) is 12.5. The van der Waals surface area contributed by atoms with Crippen LogP contribution in [-0.2, 0) is 17.9 Å². The number of anilines is 1. The van der Waals surface area contributed by atoms with Crippen LogP contribution in [0.2, 0.25) is 5.02 Å². The van der Waals surface area contributed by atoms with Gasteiger partial charge in [0.25, 0.3) is 5.91 Å². The van der Waals surface area contributed by atoms with E-state index in [9.17, 15) is 22.8 Å². The summed E-state index contributed by atoms with van der Waals surface area (Å²) in [6.07, 6.45) is -4.04. The molecule has 0 saturated carbocycles. The van der Waals surface area contributed by atoms with Crippen LogP contribution >= 0.6 is 11.6 Å². The lowest BCUT2D eigenvalue weighted by Crippen LogP contribution is -2.34. The van der Waals surface area contributed by atoms with Gasteiger partial charge in [0.2, 0.25) is 0 Å². The van der Waals surface area contributed by atoms with E-state index in [0.29, 0.717) is 25.9 Å². The highest BCUT2D eigenvalue weighted by molar-refractivity contribution is 6.34. The van der Waals surface area contributed by atoms with Crippen molar-refractivity contribution in [3.8, 4) is 5.75 Å². The van der Waals surface area contributed by atoms with Crippen LogP contribution in [0.4, 0.5) is 18.9 Å². The number of piperidine rings is 1. The fraction of sp³-hybridized carbons (Fsp3) is 0.286. The molecule has 2 amide bonds. The number of halogens is 4. The first-order valence-electron chi connectivity index (χ1n) is 12.1. The largest absolute Gasteiger partial charge is 0.488 e. The van der Waals surface area contributed by atoms with Gasteiger partial charge in [0.15, 0.2) is 0 Å². The summed E-state index contributed by atoms with van der Waals surface area (Å²) in [6, 6.07) is 20.2. The van der Waals surface area contributed by atoms with Gasteiger partial charge < -0.3 is 15.8 Å². The molecule has 0 aromatic heterocycles. The van der Waals surface area contributed by atoms with Crippen LogP contribution in [0.5, 0.6) is 5.75 Å². The summed E-state index contributed by atoms with van der Waals surface area (Å²) in [4.78, 5) is 26.6. The van der Waals surface area contributed by atoms with Crippen LogP contribution in [0.15, 0.2) is 66.7 Å². The lowest BCUT2D eigenvalue weighted by Gasteiger charge is -2.34. The molecular formula is C28H27ClF3N3O3. The number of nitrogens with two attached hydrogens (primary N) is 1. The van der Waals surface area contributed by atoms with Crippen LogP contribution in [0.3, 0.4) is 0 Å². The molecule has 4 rings (SSSR count). The number of carbonyl (C=O) groups excluding carboxylic acids is 2. The van der Waals surface area contributed by atoms with Crippen molar-refractivity contribution in [2.45, 2.75) is 38.1 Å². The average Bonchev–Trinajstić information content (AvgIpc) is 2.89. The topological polar surface area (TPSA) is 84.7 Å². The van der Waals surface area contributed by atoms with Crippen LogP contribution in [-0.4, -0.2) is 36.0 Å². The van der Waals surface area contributed by atoms with Crippen LogP contribution < -0.4 is 15.8 Å². The molecule has 0 atom stereocenters. The van der Waals surface area contributed by atoms with Gasteiger partial charge in [-0.15, -0.1) is 0 Å². The summed E-state index contributed by atoms with van der Waals surface area (Å²) in [5.41, 5.74) is 7.53. The molecule has 0 radical (unpaired) electrons. The van der Waals surface area contributed by atoms with Crippen molar-refractivity contribution in [3.63, 3.8) is 0 Å². The minimum absolute atomic E-state index is 0.0322. The van der Waals surface area contributed by atoms with Gasteiger partial charge in [-0.05, 0) is 49.0 Å². The average molecular weight is 546 g/mol. The van der Waals surface area contributed by atoms with E-state index in [-0.39, 0.29) is 40.1 Å². The van der Waals surface area contributed by atoms with Crippen molar-refractivity contribution in [1.82, 2.24) is 4.90 Å². The van der Waals surface area contributed by atoms with Crippen LogP contribution in [0.25, 0.3) is 0 Å². The summed E-state index contributed by atoms with van der Waals surface area (Å²) >= 11 is 6.36. The highest BCUT2D eigenvalue weighted by atomic mass is 35.5. The second-order valence-corrected chi connectivity index (χ2v) is 9.56. The Labute approximate surface area is 223 Å². The van der Waals surface area contributed by atoms with Gasteiger partial charge in [-0.1, -0.05) is 72.3 Å². The Morgan fingerprint density at radius 3 is 2.13 bits per heavy atom. The van der Waals surface area contributed by atoms with Gasteiger partial charge in [-0.25, -0.2) is 0 Å². The normalized spacial score (nSPS) is 14.7. The van der Waals surface area contributed by atoms with Crippen LogP contribution in [0.1, 0.15) is 45.8 Å². The van der Waals surface area contributed by atoms with E-state index in [1.54, 1.807) is 0 Å². The quantitative estimate of drug-likeness (QED) is 0.369. The van der Waals surface area contributed by atoms with Gasteiger partial charge in [0, 0.05) is 12.1 Å². The predicted molar refractivity (Wildman–Crippen MR) is 139 cm³/mol. The third-order valence-electron chi connectivity index (χ3n) is 6.50. The number of primary amides is 1. The van der Waals surface area contributed by atoms with Crippen molar-refractivity contribution in [1.29, 1.82) is 0 Å². The Hall–Kier alpha value is -3.56. The number of benzene rings is 3. The molecule has 1 fully saturated rings. The Morgan fingerprint density at radius 2 is 1.58 bits per heavy atom. The molecule has 0 bridgehead atoms. The first kappa shape index (κ1) is 27.5. The third kappa shape index (κ3) is 6.65. The van der Waals surface area contributed by atoms with E-state index in [4.69, 9.17) is 22.1 Å². The highest BCUT2D eigenvalue weighted by Crippen LogP contribution is 2.45. The summed E-state index contributed by atoms with van der Waals surface area (Å²) in [7, 11) is 0. The number of amides is 2. The van der Waals surface area contributed by atoms with Crippen molar-refractivity contribution >= 4 is 29.1 Å². The van der Waals surface area contributed by atoms with E-state index >= 15 is 0 Å². The second kappa shape index (κ2) is 11.9. The van der Waals surface area contributed by atoms with E-state index in [1.807, 2.05) is 66.0 Å². The van der Waals surface area contributed by atoms with E-state index in [0.717, 1.165) is 23.7 Å². The molecule has 1 saturated heterocycles. The van der Waals surface area contributed by atoms with Gasteiger partial charge in [-0.3, -0.25) is 14.5 Å². The highest BCUT2D eigenvalue weighted by Gasteiger charge is 2.40. The summed E-state index contributed by atoms with van der Waals surface area (Å²) in [5, 5.41) is 1.71. The molecule has 0 unspecified atom stereocenters. The molecule has 1 aliphatic rings. The molecule has 38 heavy (non-hydrogen) atoms. The zero-order chi connectivity index (χ0) is 27.3. The third-order valence-corrected chi connectivity index (χ3v) is 6.80. The molecule has 1 aliphatic heterocycles. The number of alkyl halides is 3. The van der Waals surface area contributed by atoms with Crippen molar-refractivity contribution < 1.29 is 27.5 Å². The van der Waals surface area contributed by atoms with Gasteiger partial charge >= 0.3 is 12.1 Å². The fourth-order valence-electron chi connectivity index (χ4n) is 4.64. The molecule has 200 valence electrons. The lowest BCUT2D eigenvalue weighted by molar-refractivity contribution is -0.167. The molecule has 0 aliphatic carbocycles. The zero-order valence-electron chi connectivity index (χ0n) is 20.4. The van der Waals surface area contributed by atoms with E-state index in [2.05, 4.69) is 4.90 Å². The number of nitrogens with one attached hydrogen (secondary N) is 1. The molecule has 10 heteroatoms. The minimum atomic E-state index is -5.13. The molecule has 1 heterocycles. The maximum atomic E-state index is 13.2. The van der Waals surface area contributed by atoms with Crippen molar-refractivity contribution in [3.05, 3.63) is 94.0 Å². The summed E-state index contributed by atoms with van der Waals surface area (Å²) < 4.78 is 45.7. The molecule has 3 N–H and O–H groups in total. The Kier molecular flexibility index (Phi) is 8.58. The molecule has 0 spiro atoms. The Morgan fingerprint density at radius 1 is 1.00 bits per heavy atom. The molecular weight excluding hydrogens is 519 g/mol. The fourth-order valence-corrected chi connectivity index (χ4v) is 4.90. The standard InChI is InChI=1S/C28H27ClF3N3O3/c29-22-15-21(26(33)36)25(38-17-19-9-5-2-6-10-19)23(24(22)34-27(37)28(30,31)32)20-11-13-35(14-12-20)16-18-7-3-1-4-8-18/h1-10,15,20H,11-14,16-17H2,(H2,33,36)(H,34,37). The summed E-state index contributed by atoms with van der Waals surface area (Å²) in [6.45, 7) is 2.05. The zero-order valence-corrected chi connectivity index (χ0v) is 21.2. The maximum Gasteiger partial charge on any atom is 0.471 e. The van der Waals surface area contributed by atoms with Gasteiger partial charge in [0.05, 0.1) is 16.3 Å². The van der Waals surface area contributed by atoms with E-state index < -0.39 is 18.0 Å². The lowest BCUT2D eigenvalue weighted by atomic mass is 9.86. The predicted octanol–water partition coefficient (Wildman–Crippen LogP) is 5.90. The Bertz CT molecular complexity index is 1280. The number of rotatable bonds is 8. The maximum absolute atomic E-state index is 13.2.